The molecule has 230 valence electrons. The summed E-state index contributed by atoms with van der Waals surface area (Å²) in [5, 5.41) is 7.85. The zero-order valence-electron chi connectivity index (χ0n) is 26.5. The van der Waals surface area contributed by atoms with Crippen LogP contribution in [0.5, 0.6) is 0 Å². The van der Waals surface area contributed by atoms with Crippen molar-refractivity contribution < 1.29 is 0 Å². The molecule has 0 fully saturated rings. The summed E-state index contributed by atoms with van der Waals surface area (Å²) in [6, 6.07) is 64.4. The van der Waals surface area contributed by atoms with Crippen LogP contribution in [-0.2, 0) is 0 Å². The Labute approximate surface area is 292 Å². The van der Waals surface area contributed by atoms with Gasteiger partial charge in [-0.15, -0.1) is 22.7 Å². The number of anilines is 3. The molecular weight excluding hydrogens is 631 g/mol. The van der Waals surface area contributed by atoms with Crippen molar-refractivity contribution in [3.8, 4) is 22.3 Å². The van der Waals surface area contributed by atoms with E-state index in [0.29, 0.717) is 0 Å². The molecule has 0 atom stereocenters. The lowest BCUT2D eigenvalue weighted by Crippen LogP contribution is -2.10. The van der Waals surface area contributed by atoms with E-state index in [1.807, 2.05) is 22.7 Å². The number of fused-ring (bicyclic) bond motifs is 8. The van der Waals surface area contributed by atoms with E-state index < -0.39 is 0 Å². The van der Waals surface area contributed by atoms with Gasteiger partial charge in [0.25, 0.3) is 0 Å². The maximum absolute atomic E-state index is 2.40. The van der Waals surface area contributed by atoms with Gasteiger partial charge < -0.3 is 4.90 Å². The summed E-state index contributed by atoms with van der Waals surface area (Å²) >= 11 is 3.75. The SMILES string of the molecule is c1ccc(-c2ccc(N(c3cccc(-c4cccc5sc6ccccc6c45)c3)c3ccc4c(ccc5c6ccccc6sc45)c3)cc2)cc1. The number of rotatable bonds is 5. The van der Waals surface area contributed by atoms with Gasteiger partial charge >= 0.3 is 0 Å². The third kappa shape index (κ3) is 4.74. The molecule has 0 saturated heterocycles. The normalized spacial score (nSPS) is 11.7. The maximum atomic E-state index is 2.40. The molecule has 0 radical (unpaired) electrons. The first-order valence-corrected chi connectivity index (χ1v) is 18.2. The van der Waals surface area contributed by atoms with Gasteiger partial charge in [0.2, 0.25) is 0 Å². The number of hydrogen-bond acceptors (Lipinski definition) is 3. The summed E-state index contributed by atoms with van der Waals surface area (Å²) < 4.78 is 5.33. The summed E-state index contributed by atoms with van der Waals surface area (Å²) in [5.74, 6) is 0. The molecule has 2 heterocycles. The second-order valence-corrected chi connectivity index (χ2v) is 14.7. The predicted molar refractivity (Wildman–Crippen MR) is 215 cm³/mol. The lowest BCUT2D eigenvalue weighted by atomic mass is 9.98. The van der Waals surface area contributed by atoms with Crippen molar-refractivity contribution in [1.29, 1.82) is 0 Å². The van der Waals surface area contributed by atoms with E-state index in [0.717, 1.165) is 17.1 Å². The fraction of sp³-hybridized carbons (Fsp3) is 0. The zero-order chi connectivity index (χ0) is 32.3. The Hall–Kier alpha value is -5.74. The monoisotopic (exact) mass is 659 g/mol. The Bertz CT molecular complexity index is 2830. The number of hydrogen-bond donors (Lipinski definition) is 0. The average Bonchev–Trinajstić information content (AvgIpc) is 3.75. The molecule has 10 rings (SSSR count). The van der Waals surface area contributed by atoms with E-state index in [2.05, 4.69) is 181 Å². The highest BCUT2D eigenvalue weighted by Gasteiger charge is 2.17. The van der Waals surface area contributed by atoms with Gasteiger partial charge in [-0.25, -0.2) is 0 Å². The molecular formula is C46H29NS2. The predicted octanol–water partition coefficient (Wildman–Crippen LogP) is 14.4. The number of nitrogens with zero attached hydrogens (tertiary/aromatic N) is 1. The highest BCUT2D eigenvalue weighted by molar-refractivity contribution is 7.26. The van der Waals surface area contributed by atoms with Gasteiger partial charge in [0, 0.05) is 57.4 Å². The van der Waals surface area contributed by atoms with Crippen LogP contribution in [0.15, 0.2) is 176 Å². The van der Waals surface area contributed by atoms with Gasteiger partial charge in [0.15, 0.2) is 0 Å². The molecule has 0 saturated carbocycles. The van der Waals surface area contributed by atoms with Gasteiger partial charge in [-0.3, -0.25) is 0 Å². The molecule has 0 spiro atoms. The third-order valence-electron chi connectivity index (χ3n) is 9.65. The molecule has 0 bridgehead atoms. The molecule has 0 aliphatic carbocycles. The molecule has 0 unspecified atom stereocenters. The van der Waals surface area contributed by atoms with Crippen molar-refractivity contribution >= 4 is 90.9 Å². The minimum atomic E-state index is 1.12. The van der Waals surface area contributed by atoms with E-state index in [9.17, 15) is 0 Å². The van der Waals surface area contributed by atoms with Crippen molar-refractivity contribution in [2.45, 2.75) is 0 Å². The van der Waals surface area contributed by atoms with Gasteiger partial charge in [-0.2, -0.15) is 0 Å². The third-order valence-corrected chi connectivity index (χ3v) is 12.0. The largest absolute Gasteiger partial charge is 0.310 e. The maximum Gasteiger partial charge on any atom is 0.0468 e. The van der Waals surface area contributed by atoms with E-state index in [1.54, 1.807) is 0 Å². The quantitative estimate of drug-likeness (QED) is 0.178. The molecule has 10 aromatic rings. The molecule has 2 aromatic heterocycles. The van der Waals surface area contributed by atoms with E-state index in [4.69, 9.17) is 0 Å². The van der Waals surface area contributed by atoms with E-state index in [1.165, 1.54) is 73.4 Å². The van der Waals surface area contributed by atoms with Crippen molar-refractivity contribution in [3.63, 3.8) is 0 Å². The Balaban J connectivity index is 1.15. The molecule has 0 N–H and O–H groups in total. The Morgan fingerprint density at radius 3 is 1.84 bits per heavy atom. The molecule has 0 amide bonds. The smallest absolute Gasteiger partial charge is 0.0468 e. The van der Waals surface area contributed by atoms with Gasteiger partial charge in [0.05, 0.1) is 0 Å². The van der Waals surface area contributed by atoms with Gasteiger partial charge in [-0.05, 0) is 87.6 Å². The minimum Gasteiger partial charge on any atom is -0.310 e. The topological polar surface area (TPSA) is 3.24 Å². The minimum absolute atomic E-state index is 1.12. The highest BCUT2D eigenvalue weighted by Crippen LogP contribution is 2.44. The van der Waals surface area contributed by atoms with Crippen molar-refractivity contribution in [1.82, 2.24) is 0 Å². The zero-order valence-corrected chi connectivity index (χ0v) is 28.1. The first-order chi connectivity index (χ1) is 24.3. The highest BCUT2D eigenvalue weighted by atomic mass is 32.1. The van der Waals surface area contributed by atoms with Crippen LogP contribution in [0.3, 0.4) is 0 Å². The fourth-order valence-corrected chi connectivity index (χ4v) is 9.72. The summed E-state index contributed by atoms with van der Waals surface area (Å²) in [4.78, 5) is 2.40. The fourth-order valence-electron chi connectivity index (χ4n) is 7.35. The van der Waals surface area contributed by atoms with Crippen LogP contribution in [0.25, 0.3) is 73.4 Å². The Kier molecular flexibility index (Phi) is 6.61. The standard InChI is InChI=1S/C46H29NS2/c1-2-10-30(11-3-1)31-20-23-34(24-21-31)47(36-25-27-38-33(29-36)22-26-40-39-14-4-6-17-42(39)49-46(38)40)35-13-8-12-32(28-35)37-16-9-19-44-45(37)41-15-5-7-18-43(41)48-44/h1-29H. The van der Waals surface area contributed by atoms with Crippen LogP contribution < -0.4 is 4.90 Å². The van der Waals surface area contributed by atoms with Crippen LogP contribution in [0.2, 0.25) is 0 Å². The van der Waals surface area contributed by atoms with Gasteiger partial charge in [0.1, 0.15) is 0 Å². The van der Waals surface area contributed by atoms with Crippen LogP contribution in [-0.4, -0.2) is 0 Å². The number of benzene rings is 8. The van der Waals surface area contributed by atoms with Crippen LogP contribution in [0.4, 0.5) is 17.1 Å². The lowest BCUT2D eigenvalue weighted by Gasteiger charge is -2.27. The van der Waals surface area contributed by atoms with Crippen LogP contribution >= 0.6 is 22.7 Å². The second-order valence-electron chi connectivity index (χ2n) is 12.5. The number of thiophene rings is 2. The summed E-state index contributed by atoms with van der Waals surface area (Å²) in [5.41, 5.74) is 8.29. The summed E-state index contributed by atoms with van der Waals surface area (Å²) in [6.07, 6.45) is 0. The van der Waals surface area contributed by atoms with Crippen molar-refractivity contribution in [3.05, 3.63) is 176 Å². The first-order valence-electron chi connectivity index (χ1n) is 16.6. The Morgan fingerprint density at radius 2 is 0.980 bits per heavy atom. The average molecular weight is 660 g/mol. The molecule has 8 aromatic carbocycles. The van der Waals surface area contributed by atoms with Crippen LogP contribution in [0, 0.1) is 0 Å². The van der Waals surface area contributed by atoms with Crippen molar-refractivity contribution in [2.75, 3.05) is 4.90 Å². The van der Waals surface area contributed by atoms with E-state index in [-0.39, 0.29) is 0 Å². The molecule has 3 heteroatoms. The summed E-state index contributed by atoms with van der Waals surface area (Å²) in [6.45, 7) is 0. The molecule has 0 aliphatic rings. The van der Waals surface area contributed by atoms with Gasteiger partial charge in [-0.1, -0.05) is 121 Å². The second kappa shape index (κ2) is 11.5. The first kappa shape index (κ1) is 28.3. The Morgan fingerprint density at radius 1 is 0.347 bits per heavy atom. The van der Waals surface area contributed by atoms with E-state index >= 15 is 0 Å². The lowest BCUT2D eigenvalue weighted by molar-refractivity contribution is 1.29. The van der Waals surface area contributed by atoms with Crippen LogP contribution in [0.1, 0.15) is 0 Å². The summed E-state index contributed by atoms with van der Waals surface area (Å²) in [7, 11) is 0. The van der Waals surface area contributed by atoms with Crippen molar-refractivity contribution in [2.24, 2.45) is 0 Å². The molecule has 49 heavy (non-hydrogen) atoms. The molecule has 0 aliphatic heterocycles. The molecule has 1 nitrogen and oxygen atoms in total.